The van der Waals surface area contributed by atoms with E-state index in [0.29, 0.717) is 12.1 Å². The fraction of sp³-hybridized carbons (Fsp3) is 0.304. The van der Waals surface area contributed by atoms with E-state index >= 15 is 0 Å². The molecule has 1 N–H and O–H groups in total. The molecular formula is C23H26N4O2. The van der Waals surface area contributed by atoms with E-state index in [-0.39, 0.29) is 5.56 Å². The normalized spacial score (nSPS) is 15.6. The zero-order chi connectivity index (χ0) is 20.1. The molecule has 150 valence electrons. The van der Waals surface area contributed by atoms with Crippen LogP contribution in [0.3, 0.4) is 0 Å². The Morgan fingerprint density at radius 2 is 1.69 bits per heavy atom. The summed E-state index contributed by atoms with van der Waals surface area (Å²) in [4.78, 5) is 20.4. The Hall–Kier alpha value is -2.96. The van der Waals surface area contributed by atoms with Gasteiger partial charge < -0.3 is 4.74 Å². The number of nitrogens with zero attached hydrogens (tertiary/aromatic N) is 3. The highest BCUT2D eigenvalue weighted by Gasteiger charge is 2.19. The van der Waals surface area contributed by atoms with E-state index in [0.717, 1.165) is 55.5 Å². The van der Waals surface area contributed by atoms with E-state index in [9.17, 15) is 4.79 Å². The maximum Gasteiger partial charge on any atom is 0.280 e. The van der Waals surface area contributed by atoms with Gasteiger partial charge in [0.1, 0.15) is 0 Å². The molecule has 6 heteroatoms. The molecule has 3 aromatic rings. The third-order valence-corrected chi connectivity index (χ3v) is 5.20. The van der Waals surface area contributed by atoms with Gasteiger partial charge in [0, 0.05) is 30.9 Å². The first-order valence-corrected chi connectivity index (χ1v) is 10.0. The van der Waals surface area contributed by atoms with Crippen molar-refractivity contribution in [2.45, 2.75) is 6.92 Å². The number of H-pyrrole nitrogens is 1. The van der Waals surface area contributed by atoms with Crippen LogP contribution < -0.4 is 5.56 Å². The van der Waals surface area contributed by atoms with Gasteiger partial charge >= 0.3 is 0 Å². The van der Waals surface area contributed by atoms with Crippen molar-refractivity contribution in [1.29, 1.82) is 0 Å². The van der Waals surface area contributed by atoms with Crippen molar-refractivity contribution in [3.05, 3.63) is 76.6 Å². The van der Waals surface area contributed by atoms with Gasteiger partial charge in [-0.05, 0) is 19.1 Å². The number of aromatic amines is 1. The van der Waals surface area contributed by atoms with Gasteiger partial charge in [-0.15, -0.1) is 0 Å². The van der Waals surface area contributed by atoms with Gasteiger partial charge in [0.05, 0.1) is 36.7 Å². The first-order valence-electron chi connectivity index (χ1n) is 10.0. The average molecular weight is 390 g/mol. The van der Waals surface area contributed by atoms with Gasteiger partial charge in [0.2, 0.25) is 0 Å². The Morgan fingerprint density at radius 1 is 1.03 bits per heavy atom. The van der Waals surface area contributed by atoms with Gasteiger partial charge in [0.25, 0.3) is 5.56 Å². The third-order valence-electron chi connectivity index (χ3n) is 5.20. The van der Waals surface area contributed by atoms with Crippen molar-refractivity contribution >= 4 is 5.71 Å². The number of benzene rings is 2. The van der Waals surface area contributed by atoms with E-state index in [1.807, 2.05) is 67.6 Å². The smallest absolute Gasteiger partial charge is 0.280 e. The summed E-state index contributed by atoms with van der Waals surface area (Å²) >= 11 is 0. The van der Waals surface area contributed by atoms with Crippen LogP contribution in [0.4, 0.5) is 0 Å². The summed E-state index contributed by atoms with van der Waals surface area (Å²) in [6, 6.07) is 19.6. The van der Waals surface area contributed by atoms with E-state index in [1.54, 1.807) is 4.68 Å². The Bertz CT molecular complexity index is 1020. The molecule has 1 aliphatic heterocycles. The van der Waals surface area contributed by atoms with E-state index in [2.05, 4.69) is 10.00 Å². The number of rotatable bonds is 6. The van der Waals surface area contributed by atoms with E-state index < -0.39 is 0 Å². The zero-order valence-electron chi connectivity index (χ0n) is 16.7. The molecule has 1 saturated heterocycles. The van der Waals surface area contributed by atoms with Crippen LogP contribution in [0.2, 0.25) is 0 Å². The van der Waals surface area contributed by atoms with Crippen molar-refractivity contribution in [1.82, 2.24) is 14.7 Å². The summed E-state index contributed by atoms with van der Waals surface area (Å²) in [5.41, 5.74) is 3.88. The first kappa shape index (κ1) is 19.4. The number of hydrogen-bond acceptors (Lipinski definition) is 4. The van der Waals surface area contributed by atoms with Crippen molar-refractivity contribution in [2.24, 2.45) is 4.99 Å². The number of hydrogen-bond donors (Lipinski definition) is 1. The molecule has 4 rings (SSSR count). The van der Waals surface area contributed by atoms with Crippen LogP contribution in [-0.2, 0) is 4.74 Å². The second-order valence-electron chi connectivity index (χ2n) is 7.13. The highest BCUT2D eigenvalue weighted by Crippen LogP contribution is 2.21. The topological polar surface area (TPSA) is 62.6 Å². The summed E-state index contributed by atoms with van der Waals surface area (Å²) < 4.78 is 6.99. The molecule has 0 aliphatic carbocycles. The Morgan fingerprint density at radius 3 is 2.38 bits per heavy atom. The fourth-order valence-electron chi connectivity index (χ4n) is 3.61. The summed E-state index contributed by atoms with van der Waals surface area (Å²) in [7, 11) is 0. The molecule has 1 aromatic heterocycles. The van der Waals surface area contributed by atoms with Gasteiger partial charge in [-0.25, -0.2) is 4.68 Å². The maximum atomic E-state index is 13.3. The van der Waals surface area contributed by atoms with E-state index in [4.69, 9.17) is 9.73 Å². The fourth-order valence-corrected chi connectivity index (χ4v) is 3.61. The largest absolute Gasteiger partial charge is 0.379 e. The predicted molar refractivity (Wildman–Crippen MR) is 116 cm³/mol. The number of aromatic nitrogens is 2. The Kier molecular flexibility index (Phi) is 6.03. The maximum absolute atomic E-state index is 13.3. The Labute approximate surface area is 170 Å². The predicted octanol–water partition coefficient (Wildman–Crippen LogP) is 2.97. The number of ether oxygens (including phenoxy) is 1. The lowest BCUT2D eigenvalue weighted by atomic mass is 10.1. The number of aliphatic imine (C=N–C) groups is 1. The molecule has 6 nitrogen and oxygen atoms in total. The summed E-state index contributed by atoms with van der Waals surface area (Å²) in [6.07, 6.45) is 0. The first-order chi connectivity index (χ1) is 14.2. The molecule has 2 heterocycles. The van der Waals surface area contributed by atoms with Crippen LogP contribution in [0, 0.1) is 0 Å². The molecule has 0 radical (unpaired) electrons. The van der Waals surface area contributed by atoms with Crippen LogP contribution in [-0.4, -0.2) is 59.8 Å². The minimum absolute atomic E-state index is 0.0809. The van der Waals surface area contributed by atoms with Crippen molar-refractivity contribution < 1.29 is 4.74 Å². The van der Waals surface area contributed by atoms with Gasteiger partial charge in [-0.2, -0.15) is 0 Å². The SMILES string of the molecule is CC(=NCCN1CCOCC1)c1c(-c2ccccc2)[nH]n(-c2ccccc2)c1=O. The third kappa shape index (κ3) is 4.39. The minimum Gasteiger partial charge on any atom is -0.379 e. The minimum atomic E-state index is -0.0809. The summed E-state index contributed by atoms with van der Waals surface area (Å²) in [5.74, 6) is 0. The second kappa shape index (κ2) is 9.03. The second-order valence-corrected chi connectivity index (χ2v) is 7.13. The van der Waals surface area contributed by atoms with E-state index in [1.165, 1.54) is 0 Å². The number of nitrogens with one attached hydrogen (secondary N) is 1. The van der Waals surface area contributed by atoms with Crippen LogP contribution in [0.15, 0.2) is 70.5 Å². The molecule has 2 aromatic carbocycles. The summed E-state index contributed by atoms with van der Waals surface area (Å²) in [6.45, 7) is 6.89. The lowest BCUT2D eigenvalue weighted by Gasteiger charge is -2.25. The van der Waals surface area contributed by atoms with Gasteiger partial charge in [-0.1, -0.05) is 48.5 Å². The molecule has 0 spiro atoms. The molecule has 1 fully saturated rings. The molecule has 0 unspecified atom stereocenters. The molecule has 0 saturated carbocycles. The molecular weight excluding hydrogens is 364 g/mol. The standard InChI is InChI=1S/C23H26N4O2/c1-18(24-12-13-26-14-16-29-17-15-26)21-22(19-8-4-2-5-9-19)25-27(23(21)28)20-10-6-3-7-11-20/h2-11,25H,12-17H2,1H3. The van der Waals surface area contributed by atoms with Crippen molar-refractivity contribution in [3.8, 4) is 16.9 Å². The van der Waals surface area contributed by atoms with Gasteiger partial charge in [0.15, 0.2) is 0 Å². The van der Waals surface area contributed by atoms with Crippen molar-refractivity contribution in [2.75, 3.05) is 39.4 Å². The van der Waals surface area contributed by atoms with Crippen LogP contribution in [0.5, 0.6) is 0 Å². The number of para-hydroxylation sites is 1. The van der Waals surface area contributed by atoms with Crippen LogP contribution in [0.25, 0.3) is 16.9 Å². The molecule has 0 atom stereocenters. The molecule has 0 amide bonds. The summed E-state index contributed by atoms with van der Waals surface area (Å²) in [5, 5.41) is 3.30. The highest BCUT2D eigenvalue weighted by atomic mass is 16.5. The molecule has 29 heavy (non-hydrogen) atoms. The monoisotopic (exact) mass is 390 g/mol. The molecule has 1 aliphatic rings. The quantitative estimate of drug-likeness (QED) is 0.658. The van der Waals surface area contributed by atoms with Crippen LogP contribution in [0.1, 0.15) is 12.5 Å². The average Bonchev–Trinajstić information content (AvgIpc) is 3.13. The van der Waals surface area contributed by atoms with Crippen LogP contribution >= 0.6 is 0 Å². The zero-order valence-corrected chi connectivity index (χ0v) is 16.7. The highest BCUT2D eigenvalue weighted by molar-refractivity contribution is 6.03. The molecule has 0 bridgehead atoms. The Balaban J connectivity index is 1.68. The van der Waals surface area contributed by atoms with Gasteiger partial charge in [-0.3, -0.25) is 19.8 Å². The lowest BCUT2D eigenvalue weighted by Crippen LogP contribution is -2.37. The van der Waals surface area contributed by atoms with Crippen molar-refractivity contribution in [3.63, 3.8) is 0 Å². The lowest BCUT2D eigenvalue weighted by molar-refractivity contribution is 0.0394. The number of morpholine rings is 1.